The van der Waals surface area contributed by atoms with Gasteiger partial charge >= 0.3 is 0 Å². The molecule has 1 aromatic heterocycles. The van der Waals surface area contributed by atoms with E-state index >= 15 is 0 Å². The quantitative estimate of drug-likeness (QED) is 0.508. The SMILES string of the molecule is Cl.O=C(c1cc(-c2cccc3ccccc23)nc2ccccc12)N1CCN(CCO)CC1. The first-order chi connectivity index (χ1) is 15.2. The smallest absolute Gasteiger partial charge is 0.254 e. The van der Waals surface area contributed by atoms with Crippen LogP contribution in [0.5, 0.6) is 0 Å². The maximum atomic E-state index is 13.6. The Morgan fingerprint density at radius 2 is 1.56 bits per heavy atom. The lowest BCUT2D eigenvalue weighted by atomic mass is 9.98. The molecule has 0 aliphatic carbocycles. The highest BCUT2D eigenvalue weighted by Crippen LogP contribution is 2.31. The van der Waals surface area contributed by atoms with Gasteiger partial charge < -0.3 is 10.0 Å². The molecule has 1 amide bonds. The Kier molecular flexibility index (Phi) is 6.70. The molecule has 5 rings (SSSR count). The fourth-order valence-electron chi connectivity index (χ4n) is 4.43. The lowest BCUT2D eigenvalue weighted by Crippen LogP contribution is -2.49. The molecule has 164 valence electrons. The standard InChI is InChI=1S/C26H25N3O2.ClH/c30-17-16-28-12-14-29(15-13-28)26(31)23-18-25(27-24-11-4-3-9-22(23)24)21-10-5-7-19-6-1-2-8-20(19)21;/h1-11,18,30H,12-17H2;1H. The normalized spacial score (nSPS) is 14.5. The number of para-hydroxylation sites is 1. The average Bonchev–Trinajstić information content (AvgIpc) is 2.83. The van der Waals surface area contributed by atoms with Crippen LogP contribution in [0.2, 0.25) is 0 Å². The molecule has 2 heterocycles. The van der Waals surface area contributed by atoms with Crippen LogP contribution >= 0.6 is 12.4 Å². The third kappa shape index (κ3) is 4.19. The number of amides is 1. The molecule has 1 fully saturated rings. The van der Waals surface area contributed by atoms with Crippen molar-refractivity contribution in [2.24, 2.45) is 0 Å². The van der Waals surface area contributed by atoms with E-state index < -0.39 is 0 Å². The van der Waals surface area contributed by atoms with Crippen molar-refractivity contribution in [3.05, 3.63) is 78.4 Å². The number of hydrogen-bond acceptors (Lipinski definition) is 4. The fourth-order valence-corrected chi connectivity index (χ4v) is 4.43. The predicted molar refractivity (Wildman–Crippen MR) is 131 cm³/mol. The van der Waals surface area contributed by atoms with Gasteiger partial charge in [0.05, 0.1) is 23.4 Å². The van der Waals surface area contributed by atoms with Crippen molar-refractivity contribution in [3.8, 4) is 11.3 Å². The Labute approximate surface area is 193 Å². The minimum absolute atomic E-state index is 0. The Bertz CT molecular complexity index is 1250. The van der Waals surface area contributed by atoms with Gasteiger partial charge in [-0.05, 0) is 22.9 Å². The maximum absolute atomic E-state index is 13.6. The highest BCUT2D eigenvalue weighted by atomic mass is 35.5. The summed E-state index contributed by atoms with van der Waals surface area (Å²) in [6.45, 7) is 3.71. The lowest BCUT2D eigenvalue weighted by Gasteiger charge is -2.34. The lowest BCUT2D eigenvalue weighted by molar-refractivity contribution is 0.0617. The molecule has 0 unspecified atom stereocenters. The minimum Gasteiger partial charge on any atom is -0.395 e. The van der Waals surface area contributed by atoms with Gasteiger partial charge in [-0.2, -0.15) is 0 Å². The molecule has 1 saturated heterocycles. The average molecular weight is 448 g/mol. The molecule has 1 N–H and O–H groups in total. The molecule has 0 spiro atoms. The van der Waals surface area contributed by atoms with E-state index in [2.05, 4.69) is 29.2 Å². The second-order valence-corrected chi connectivity index (χ2v) is 7.96. The number of benzene rings is 3. The van der Waals surface area contributed by atoms with Gasteiger partial charge in [-0.25, -0.2) is 4.98 Å². The molecule has 0 bridgehead atoms. The number of aliphatic hydroxyl groups excluding tert-OH is 1. The van der Waals surface area contributed by atoms with E-state index in [0.29, 0.717) is 25.2 Å². The van der Waals surface area contributed by atoms with E-state index in [4.69, 9.17) is 4.98 Å². The van der Waals surface area contributed by atoms with Crippen molar-refractivity contribution in [2.75, 3.05) is 39.3 Å². The summed E-state index contributed by atoms with van der Waals surface area (Å²) in [7, 11) is 0. The Morgan fingerprint density at radius 1 is 0.875 bits per heavy atom. The molecule has 1 aliphatic rings. The second kappa shape index (κ2) is 9.65. The Morgan fingerprint density at radius 3 is 2.34 bits per heavy atom. The summed E-state index contributed by atoms with van der Waals surface area (Å²) < 4.78 is 0. The fraction of sp³-hybridized carbons (Fsp3) is 0.231. The Balaban J connectivity index is 0.00000245. The van der Waals surface area contributed by atoms with Gasteiger partial charge in [0.1, 0.15) is 0 Å². The summed E-state index contributed by atoms with van der Waals surface area (Å²) >= 11 is 0. The maximum Gasteiger partial charge on any atom is 0.254 e. The summed E-state index contributed by atoms with van der Waals surface area (Å²) in [5.74, 6) is 0.0451. The predicted octanol–water partition coefficient (Wildman–Crippen LogP) is 4.23. The molecule has 0 saturated carbocycles. The Hall–Kier alpha value is -2.99. The molecular formula is C26H26ClN3O2. The minimum atomic E-state index is 0. The molecule has 3 aromatic carbocycles. The molecule has 32 heavy (non-hydrogen) atoms. The molecule has 0 radical (unpaired) electrons. The van der Waals surface area contributed by atoms with Gasteiger partial charge in [0, 0.05) is 43.7 Å². The molecule has 6 heteroatoms. The summed E-state index contributed by atoms with van der Waals surface area (Å²) in [5.41, 5.74) is 3.38. The van der Waals surface area contributed by atoms with Crippen molar-refractivity contribution in [2.45, 2.75) is 0 Å². The number of carbonyl (C=O) groups is 1. The van der Waals surface area contributed by atoms with E-state index in [1.165, 1.54) is 0 Å². The zero-order valence-corrected chi connectivity index (χ0v) is 18.6. The first-order valence-corrected chi connectivity index (χ1v) is 10.7. The van der Waals surface area contributed by atoms with Crippen molar-refractivity contribution in [1.29, 1.82) is 0 Å². The number of piperazine rings is 1. The highest BCUT2D eigenvalue weighted by Gasteiger charge is 2.24. The van der Waals surface area contributed by atoms with Crippen LogP contribution in [0.15, 0.2) is 72.8 Å². The van der Waals surface area contributed by atoms with Gasteiger partial charge in [0.15, 0.2) is 0 Å². The van der Waals surface area contributed by atoms with Crippen LogP contribution in [0.1, 0.15) is 10.4 Å². The second-order valence-electron chi connectivity index (χ2n) is 7.96. The van der Waals surface area contributed by atoms with Crippen LogP contribution in [-0.2, 0) is 0 Å². The summed E-state index contributed by atoms with van der Waals surface area (Å²) in [6, 6.07) is 24.3. The van der Waals surface area contributed by atoms with Crippen molar-refractivity contribution in [1.82, 2.24) is 14.8 Å². The number of halogens is 1. The number of hydrogen-bond donors (Lipinski definition) is 1. The zero-order valence-electron chi connectivity index (χ0n) is 17.8. The molecule has 5 nitrogen and oxygen atoms in total. The van der Waals surface area contributed by atoms with Crippen LogP contribution in [0.4, 0.5) is 0 Å². The van der Waals surface area contributed by atoms with Crippen LogP contribution in [0.3, 0.4) is 0 Å². The number of carbonyl (C=O) groups excluding carboxylic acids is 1. The first-order valence-electron chi connectivity index (χ1n) is 10.7. The van der Waals surface area contributed by atoms with E-state index in [1.54, 1.807) is 0 Å². The molecular weight excluding hydrogens is 422 g/mol. The topological polar surface area (TPSA) is 56.7 Å². The van der Waals surface area contributed by atoms with E-state index in [-0.39, 0.29) is 24.9 Å². The number of rotatable bonds is 4. The van der Waals surface area contributed by atoms with Crippen LogP contribution in [0.25, 0.3) is 32.9 Å². The van der Waals surface area contributed by atoms with Crippen LogP contribution < -0.4 is 0 Å². The largest absolute Gasteiger partial charge is 0.395 e. The van der Waals surface area contributed by atoms with Crippen LogP contribution in [0, 0.1) is 0 Å². The number of fused-ring (bicyclic) bond motifs is 2. The molecule has 0 atom stereocenters. The van der Waals surface area contributed by atoms with Gasteiger partial charge in [-0.1, -0.05) is 60.7 Å². The number of β-amino-alcohol motifs (C(OH)–C–C–N with tert-alkyl or cyclic N) is 1. The summed E-state index contributed by atoms with van der Waals surface area (Å²) in [4.78, 5) is 22.6. The molecule has 1 aliphatic heterocycles. The van der Waals surface area contributed by atoms with Crippen molar-refractivity contribution < 1.29 is 9.90 Å². The van der Waals surface area contributed by atoms with Crippen LogP contribution in [-0.4, -0.2) is 65.1 Å². The summed E-state index contributed by atoms with van der Waals surface area (Å²) in [6.07, 6.45) is 0. The summed E-state index contributed by atoms with van der Waals surface area (Å²) in [5, 5.41) is 12.3. The van der Waals surface area contributed by atoms with Crippen molar-refractivity contribution >= 4 is 40.0 Å². The van der Waals surface area contributed by atoms with E-state index in [0.717, 1.165) is 46.0 Å². The third-order valence-corrected chi connectivity index (χ3v) is 6.09. The highest BCUT2D eigenvalue weighted by molar-refractivity contribution is 6.08. The number of aromatic nitrogens is 1. The van der Waals surface area contributed by atoms with Gasteiger partial charge in [-0.3, -0.25) is 9.69 Å². The number of pyridine rings is 1. The first kappa shape index (κ1) is 22.2. The zero-order chi connectivity index (χ0) is 21.2. The van der Waals surface area contributed by atoms with Gasteiger partial charge in [0.25, 0.3) is 5.91 Å². The number of nitrogens with zero attached hydrogens (tertiary/aromatic N) is 3. The monoisotopic (exact) mass is 447 g/mol. The van der Waals surface area contributed by atoms with Gasteiger partial charge in [-0.15, -0.1) is 12.4 Å². The van der Waals surface area contributed by atoms with E-state index in [1.807, 2.05) is 53.4 Å². The molecule has 4 aromatic rings. The third-order valence-electron chi connectivity index (χ3n) is 6.09. The van der Waals surface area contributed by atoms with Crippen molar-refractivity contribution in [3.63, 3.8) is 0 Å². The van der Waals surface area contributed by atoms with E-state index in [9.17, 15) is 9.90 Å². The number of aliphatic hydroxyl groups is 1. The van der Waals surface area contributed by atoms with Gasteiger partial charge in [0.2, 0.25) is 0 Å².